The molecule has 0 aliphatic carbocycles. The summed E-state index contributed by atoms with van der Waals surface area (Å²) in [6.07, 6.45) is 6.90. The summed E-state index contributed by atoms with van der Waals surface area (Å²) in [5.41, 5.74) is 3.39. The second-order valence-electron chi connectivity index (χ2n) is 3.77. The molecule has 0 saturated carbocycles. The van der Waals surface area contributed by atoms with Gasteiger partial charge in [0.25, 0.3) is 0 Å². The molecular formula is C17H22O. The fourth-order valence-corrected chi connectivity index (χ4v) is 1.89. The number of allylic oxidation sites excluding steroid dienone is 1. The van der Waals surface area contributed by atoms with Crippen LogP contribution < -0.4 is 0 Å². The number of fused-ring (bicyclic) bond motifs is 1. The highest BCUT2D eigenvalue weighted by Gasteiger charge is 2.09. The maximum atomic E-state index is 5.73. The van der Waals surface area contributed by atoms with Gasteiger partial charge in [-0.3, -0.25) is 0 Å². The van der Waals surface area contributed by atoms with E-state index in [1.165, 1.54) is 10.9 Å². The Hall–Kier alpha value is -1.76. The van der Waals surface area contributed by atoms with Gasteiger partial charge < -0.3 is 4.42 Å². The Labute approximate surface area is 110 Å². The van der Waals surface area contributed by atoms with Crippen molar-refractivity contribution in [3.05, 3.63) is 47.7 Å². The summed E-state index contributed by atoms with van der Waals surface area (Å²) in [4.78, 5) is 0. The van der Waals surface area contributed by atoms with E-state index in [0.717, 1.165) is 23.3 Å². The molecule has 1 nitrogen and oxygen atoms in total. The molecule has 0 bridgehead atoms. The van der Waals surface area contributed by atoms with Crippen molar-refractivity contribution in [3.63, 3.8) is 0 Å². The summed E-state index contributed by atoms with van der Waals surface area (Å²) in [6, 6.07) is 6.34. The monoisotopic (exact) mass is 242 g/mol. The van der Waals surface area contributed by atoms with Gasteiger partial charge in [0.1, 0.15) is 11.3 Å². The van der Waals surface area contributed by atoms with E-state index in [2.05, 4.69) is 31.7 Å². The highest BCUT2D eigenvalue weighted by molar-refractivity contribution is 5.91. The van der Waals surface area contributed by atoms with Crippen molar-refractivity contribution in [2.75, 3.05) is 0 Å². The average molecular weight is 242 g/mol. The zero-order chi connectivity index (χ0) is 13.5. The van der Waals surface area contributed by atoms with Crippen LogP contribution in [0, 0.1) is 0 Å². The molecule has 2 aromatic rings. The van der Waals surface area contributed by atoms with E-state index >= 15 is 0 Å². The molecule has 0 unspecified atom stereocenters. The third-order valence-corrected chi connectivity index (χ3v) is 2.75. The molecule has 1 aromatic carbocycles. The first-order valence-corrected chi connectivity index (χ1v) is 6.60. The summed E-state index contributed by atoms with van der Waals surface area (Å²) in [5.74, 6) is 0.848. The highest BCUT2D eigenvalue weighted by Crippen LogP contribution is 2.29. The maximum Gasteiger partial charge on any atom is 0.135 e. The largest absolute Gasteiger partial charge is 0.456 e. The van der Waals surface area contributed by atoms with Crippen molar-refractivity contribution in [1.29, 1.82) is 0 Å². The molecule has 0 aliphatic rings. The van der Waals surface area contributed by atoms with Gasteiger partial charge in [0.15, 0.2) is 0 Å². The number of aryl methyl sites for hydroxylation is 1. The zero-order valence-corrected chi connectivity index (χ0v) is 11.8. The van der Waals surface area contributed by atoms with Crippen LogP contribution in [0.25, 0.3) is 23.1 Å². The molecule has 0 spiro atoms. The molecule has 0 N–H and O–H groups in total. The minimum Gasteiger partial charge on any atom is -0.456 e. The molecule has 2 rings (SSSR count). The zero-order valence-electron chi connectivity index (χ0n) is 11.8. The Bertz CT molecular complexity index is 544. The molecule has 0 aliphatic heterocycles. The van der Waals surface area contributed by atoms with Crippen LogP contribution in [0.5, 0.6) is 0 Å². The Morgan fingerprint density at radius 1 is 1.28 bits per heavy atom. The van der Waals surface area contributed by atoms with Gasteiger partial charge in [-0.2, -0.15) is 0 Å². The Kier molecular flexibility index (Phi) is 5.44. The van der Waals surface area contributed by atoms with E-state index in [-0.39, 0.29) is 0 Å². The van der Waals surface area contributed by atoms with Crippen molar-refractivity contribution in [2.45, 2.75) is 34.1 Å². The predicted molar refractivity (Wildman–Crippen MR) is 81.7 cm³/mol. The molecular weight excluding hydrogens is 220 g/mol. The molecule has 1 heteroatoms. The van der Waals surface area contributed by atoms with Gasteiger partial charge >= 0.3 is 0 Å². The predicted octanol–water partition coefficient (Wildman–Crippen LogP) is 5.70. The van der Waals surface area contributed by atoms with E-state index in [0.29, 0.717) is 0 Å². The minimum absolute atomic E-state index is 0.848. The Morgan fingerprint density at radius 2 is 2.00 bits per heavy atom. The fraction of sp³-hybridized carbons (Fsp3) is 0.294. The SMILES string of the molecule is C=Cc1oc2ccc(CC)cc2c1/C=C\C.CC. The number of hydrogen-bond donors (Lipinski definition) is 0. The first-order chi connectivity index (χ1) is 8.80. The Morgan fingerprint density at radius 3 is 2.56 bits per heavy atom. The maximum absolute atomic E-state index is 5.73. The molecule has 18 heavy (non-hydrogen) atoms. The van der Waals surface area contributed by atoms with Crippen molar-refractivity contribution in [3.8, 4) is 0 Å². The second kappa shape index (κ2) is 6.85. The lowest BCUT2D eigenvalue weighted by Gasteiger charge is -1.96. The van der Waals surface area contributed by atoms with Crippen LogP contribution in [0.1, 0.15) is 44.6 Å². The van der Waals surface area contributed by atoms with Crippen LogP contribution in [0.4, 0.5) is 0 Å². The number of furan rings is 1. The molecule has 0 radical (unpaired) electrons. The van der Waals surface area contributed by atoms with Gasteiger partial charge in [-0.15, -0.1) is 0 Å². The Balaban J connectivity index is 0.000000771. The highest BCUT2D eigenvalue weighted by atomic mass is 16.3. The second-order valence-corrected chi connectivity index (χ2v) is 3.77. The lowest BCUT2D eigenvalue weighted by atomic mass is 10.1. The summed E-state index contributed by atoms with van der Waals surface area (Å²) in [7, 11) is 0. The van der Waals surface area contributed by atoms with Crippen molar-refractivity contribution >= 4 is 23.1 Å². The normalized spacial score (nSPS) is 10.4. The molecule has 0 amide bonds. The van der Waals surface area contributed by atoms with E-state index in [1.807, 2.05) is 32.9 Å². The van der Waals surface area contributed by atoms with Crippen LogP contribution in [0.3, 0.4) is 0 Å². The van der Waals surface area contributed by atoms with Crippen molar-refractivity contribution < 1.29 is 4.42 Å². The van der Waals surface area contributed by atoms with Gasteiger partial charge in [0.05, 0.1) is 0 Å². The molecule has 96 valence electrons. The van der Waals surface area contributed by atoms with Crippen LogP contribution >= 0.6 is 0 Å². The molecule has 1 heterocycles. The van der Waals surface area contributed by atoms with E-state index in [4.69, 9.17) is 4.42 Å². The standard InChI is InChI=1S/C15H16O.C2H6/c1-4-7-12-13-10-11(5-2)8-9-15(13)16-14(12)6-3;1-2/h4,6-10H,3,5H2,1-2H3;1-2H3/b7-4-;. The first kappa shape index (κ1) is 14.3. The summed E-state index contributed by atoms with van der Waals surface area (Å²) >= 11 is 0. The minimum atomic E-state index is 0.848. The summed E-state index contributed by atoms with van der Waals surface area (Å²) in [6.45, 7) is 12.0. The van der Waals surface area contributed by atoms with Gasteiger partial charge in [-0.25, -0.2) is 0 Å². The summed E-state index contributed by atoms with van der Waals surface area (Å²) in [5, 5.41) is 1.17. The molecule has 1 aromatic heterocycles. The van der Waals surface area contributed by atoms with Crippen LogP contribution in [-0.4, -0.2) is 0 Å². The number of rotatable bonds is 3. The van der Waals surface area contributed by atoms with Crippen LogP contribution in [0.2, 0.25) is 0 Å². The van der Waals surface area contributed by atoms with Crippen LogP contribution in [-0.2, 0) is 6.42 Å². The first-order valence-electron chi connectivity index (χ1n) is 6.60. The van der Waals surface area contributed by atoms with Gasteiger partial charge in [-0.1, -0.05) is 45.6 Å². The molecule has 0 fully saturated rings. The number of benzene rings is 1. The average Bonchev–Trinajstić information content (AvgIpc) is 2.79. The number of hydrogen-bond acceptors (Lipinski definition) is 1. The smallest absolute Gasteiger partial charge is 0.135 e. The van der Waals surface area contributed by atoms with E-state index in [1.54, 1.807) is 6.08 Å². The van der Waals surface area contributed by atoms with E-state index < -0.39 is 0 Å². The molecule has 0 atom stereocenters. The quantitative estimate of drug-likeness (QED) is 0.673. The fourth-order valence-electron chi connectivity index (χ4n) is 1.89. The molecule has 0 saturated heterocycles. The lowest BCUT2D eigenvalue weighted by Crippen LogP contribution is -1.79. The van der Waals surface area contributed by atoms with Gasteiger partial charge in [0, 0.05) is 10.9 Å². The van der Waals surface area contributed by atoms with Crippen LogP contribution in [0.15, 0.2) is 35.3 Å². The van der Waals surface area contributed by atoms with Crippen molar-refractivity contribution in [2.24, 2.45) is 0 Å². The van der Waals surface area contributed by atoms with Gasteiger partial charge in [0.2, 0.25) is 0 Å². The van der Waals surface area contributed by atoms with E-state index in [9.17, 15) is 0 Å². The third-order valence-electron chi connectivity index (χ3n) is 2.75. The van der Waals surface area contributed by atoms with Crippen molar-refractivity contribution in [1.82, 2.24) is 0 Å². The van der Waals surface area contributed by atoms with Gasteiger partial charge in [-0.05, 0) is 37.1 Å². The summed E-state index contributed by atoms with van der Waals surface area (Å²) < 4.78 is 5.73. The topological polar surface area (TPSA) is 13.1 Å². The lowest BCUT2D eigenvalue weighted by molar-refractivity contribution is 0.603. The third kappa shape index (κ3) is 2.73.